The van der Waals surface area contributed by atoms with Gasteiger partial charge in [-0.3, -0.25) is 28.3 Å². The van der Waals surface area contributed by atoms with Gasteiger partial charge in [0.2, 0.25) is 11.6 Å². The van der Waals surface area contributed by atoms with Crippen LogP contribution in [0.4, 0.5) is 28.4 Å². The van der Waals surface area contributed by atoms with Crippen LogP contribution in [0, 0.1) is 31.8 Å². The van der Waals surface area contributed by atoms with E-state index in [9.17, 15) is 94.1 Å². The molecule has 0 aliphatic carbocycles. The highest BCUT2D eigenvalue weighted by atomic mass is 16.4. The fourth-order valence-corrected chi connectivity index (χ4v) is 6.79. The number of amides is 2. The SMILES string of the molecule is [C-]#[N+]c1c(C)c(N=Nc2c(C(=O)O)cccc2C(=O)O)c(=O)n(CCNC(=O)c2cc(C(=O)O)c(C(=O)NCCn3c(O)c(C#N)c(C)c(N=Nc4c(C(=O)O)cccc4C(=O)O)c3=O)cc2C(=O)O)c1O. The molecule has 2 aromatic heterocycles. The zero-order valence-corrected chi connectivity index (χ0v) is 36.7. The van der Waals surface area contributed by atoms with E-state index in [1.165, 1.54) is 13.8 Å². The van der Waals surface area contributed by atoms with Crippen molar-refractivity contribution in [1.29, 1.82) is 5.26 Å². The summed E-state index contributed by atoms with van der Waals surface area (Å²) in [5.74, 6) is -14.6. The Morgan fingerprint density at radius 3 is 1.22 bits per heavy atom. The molecule has 0 radical (unpaired) electrons. The molecule has 0 saturated heterocycles. The number of carbonyl (C=O) groups excluding carboxylic acids is 2. The van der Waals surface area contributed by atoms with Gasteiger partial charge in [0.25, 0.3) is 22.9 Å². The lowest BCUT2D eigenvalue weighted by Crippen LogP contribution is -2.34. The Balaban J connectivity index is 1.41. The average molecular weight is 989 g/mol. The van der Waals surface area contributed by atoms with Crippen molar-refractivity contribution in [3.63, 3.8) is 0 Å². The average Bonchev–Trinajstić information content (AvgIpc) is 3.32. The minimum Gasteiger partial charge on any atom is -0.503 e. The van der Waals surface area contributed by atoms with Gasteiger partial charge in [0, 0.05) is 31.7 Å². The number of benzene rings is 3. The highest BCUT2D eigenvalue weighted by Gasteiger charge is 2.28. The molecule has 5 rings (SSSR count). The maximum atomic E-state index is 13.6. The summed E-state index contributed by atoms with van der Waals surface area (Å²) >= 11 is 0. The first-order valence-corrected chi connectivity index (χ1v) is 19.9. The van der Waals surface area contributed by atoms with Crippen molar-refractivity contribution in [1.82, 2.24) is 19.8 Å². The van der Waals surface area contributed by atoms with Crippen LogP contribution in [0.1, 0.15) is 99.6 Å². The van der Waals surface area contributed by atoms with Crippen molar-refractivity contribution in [3.05, 3.63) is 142 Å². The Bertz CT molecular complexity index is 3210. The first kappa shape index (κ1) is 52.1. The summed E-state index contributed by atoms with van der Waals surface area (Å²) in [5.41, 5.74) is -12.6. The zero-order chi connectivity index (χ0) is 53.5. The second-order valence-corrected chi connectivity index (χ2v) is 14.5. The summed E-state index contributed by atoms with van der Waals surface area (Å²) in [6.45, 7) is 7.18. The minimum atomic E-state index is -1.85. The van der Waals surface area contributed by atoms with Crippen molar-refractivity contribution >= 4 is 76.1 Å². The molecule has 0 saturated carbocycles. The molecule has 366 valence electrons. The molecule has 0 aliphatic rings. The molecule has 28 nitrogen and oxygen atoms in total. The number of aromatic nitrogens is 2. The third-order valence-corrected chi connectivity index (χ3v) is 10.3. The number of azo groups is 2. The number of hydrogen-bond donors (Lipinski definition) is 10. The first-order chi connectivity index (χ1) is 34.0. The number of aromatic hydroxyl groups is 2. The number of carboxylic acids is 6. The molecule has 0 aliphatic heterocycles. The van der Waals surface area contributed by atoms with Gasteiger partial charge in [-0.15, -0.1) is 20.5 Å². The van der Waals surface area contributed by atoms with Gasteiger partial charge in [-0.05, 0) is 55.8 Å². The maximum Gasteiger partial charge on any atom is 0.337 e. The molecular formula is C44H32N10O18. The van der Waals surface area contributed by atoms with Crippen LogP contribution in [0.5, 0.6) is 11.8 Å². The van der Waals surface area contributed by atoms with Crippen molar-refractivity contribution in [2.24, 2.45) is 20.5 Å². The molecule has 2 heterocycles. The standard InChI is InChI=1S/C44H32N10O18/c1-17-27(16-45)35(57)53(37(59)29(17)49-51-31-19(39(61)62)6-4-7-20(31)40(63)64)12-10-47-33(55)23-14-26(44(71)72)24(15-25(23)43(69)70)34(56)48-11-13-54-36(58)28(46-3)18(2)30(38(54)60)50-52-32-21(41(65)66)8-5-9-22(32)42(67)68/h4-9,14-15,57-58H,10-13H2,1-2H3,(H,47,55)(H,48,56)(H,61,62)(H,63,64)(H,65,66)(H,67,68)(H,69,70)(H,71,72). The molecule has 0 atom stereocenters. The summed E-state index contributed by atoms with van der Waals surface area (Å²) in [5, 5.41) is 109. The van der Waals surface area contributed by atoms with Gasteiger partial charge in [-0.2, -0.15) is 5.26 Å². The summed E-state index contributed by atoms with van der Waals surface area (Å²) in [4.78, 5) is 129. The van der Waals surface area contributed by atoms with Crippen LogP contribution in [0.3, 0.4) is 0 Å². The molecule has 0 spiro atoms. The first-order valence-electron chi connectivity index (χ1n) is 19.9. The smallest absolute Gasteiger partial charge is 0.337 e. The molecular weight excluding hydrogens is 957 g/mol. The van der Waals surface area contributed by atoms with Crippen LogP contribution in [0.2, 0.25) is 0 Å². The number of rotatable bonds is 18. The third-order valence-electron chi connectivity index (χ3n) is 10.3. The Labute approximate surface area is 399 Å². The predicted octanol–water partition coefficient (Wildman–Crippen LogP) is 4.34. The van der Waals surface area contributed by atoms with Crippen LogP contribution < -0.4 is 21.8 Å². The second-order valence-electron chi connectivity index (χ2n) is 14.5. The third kappa shape index (κ3) is 10.3. The summed E-state index contributed by atoms with van der Waals surface area (Å²) in [7, 11) is 0. The van der Waals surface area contributed by atoms with E-state index in [-0.39, 0.29) is 11.1 Å². The van der Waals surface area contributed by atoms with Crippen molar-refractivity contribution in [3.8, 4) is 17.8 Å². The Kier molecular flexibility index (Phi) is 15.5. The monoisotopic (exact) mass is 988 g/mol. The Morgan fingerprint density at radius 2 is 0.889 bits per heavy atom. The van der Waals surface area contributed by atoms with Gasteiger partial charge < -0.3 is 51.5 Å². The van der Waals surface area contributed by atoms with Crippen LogP contribution >= 0.6 is 0 Å². The molecule has 0 bridgehead atoms. The number of carboxylic acid groups (broad SMARTS) is 6. The van der Waals surface area contributed by atoms with E-state index >= 15 is 0 Å². The molecule has 2 amide bonds. The number of pyridine rings is 2. The van der Waals surface area contributed by atoms with Gasteiger partial charge in [-0.1, -0.05) is 12.1 Å². The lowest BCUT2D eigenvalue weighted by molar-refractivity contribution is 0.0675. The summed E-state index contributed by atoms with van der Waals surface area (Å²) in [6.07, 6.45) is 0. The van der Waals surface area contributed by atoms with Gasteiger partial charge in [0.15, 0.2) is 11.6 Å². The fourth-order valence-electron chi connectivity index (χ4n) is 6.79. The van der Waals surface area contributed by atoms with Crippen LogP contribution in [0.25, 0.3) is 4.85 Å². The van der Waals surface area contributed by atoms with E-state index < -0.39 is 175 Å². The lowest BCUT2D eigenvalue weighted by Gasteiger charge is -2.16. The minimum absolute atomic E-state index is 0.262. The van der Waals surface area contributed by atoms with E-state index in [0.717, 1.165) is 36.4 Å². The quantitative estimate of drug-likeness (QED) is 0.0431. The van der Waals surface area contributed by atoms with Crippen molar-refractivity contribution in [2.45, 2.75) is 26.9 Å². The second kappa shape index (κ2) is 21.4. The van der Waals surface area contributed by atoms with Gasteiger partial charge in [0.1, 0.15) is 28.7 Å². The summed E-state index contributed by atoms with van der Waals surface area (Å²) < 4.78 is 1.05. The van der Waals surface area contributed by atoms with Crippen molar-refractivity contribution < 1.29 is 79.2 Å². The molecule has 28 heteroatoms. The van der Waals surface area contributed by atoms with Crippen LogP contribution in [0.15, 0.2) is 78.6 Å². The van der Waals surface area contributed by atoms with E-state index in [2.05, 4.69) is 35.9 Å². The highest BCUT2D eigenvalue weighted by Crippen LogP contribution is 2.36. The normalized spacial score (nSPS) is 10.9. The largest absolute Gasteiger partial charge is 0.503 e. The van der Waals surface area contributed by atoms with Crippen LogP contribution in [-0.2, 0) is 13.1 Å². The molecule has 72 heavy (non-hydrogen) atoms. The maximum absolute atomic E-state index is 13.6. The molecule has 0 fully saturated rings. The number of nitriles is 1. The molecule has 5 aromatic rings. The predicted molar refractivity (Wildman–Crippen MR) is 239 cm³/mol. The zero-order valence-electron chi connectivity index (χ0n) is 36.7. The van der Waals surface area contributed by atoms with Gasteiger partial charge in [-0.25, -0.2) is 33.6 Å². The highest BCUT2D eigenvalue weighted by molar-refractivity contribution is 6.12. The van der Waals surface area contributed by atoms with Gasteiger partial charge in [0.05, 0.1) is 51.1 Å². The Morgan fingerprint density at radius 1 is 0.556 bits per heavy atom. The fraction of sp³-hybridized carbons (Fsp3) is 0.136. The summed E-state index contributed by atoms with van der Waals surface area (Å²) in [6, 6.07) is 9.01. The number of hydrogen-bond acceptors (Lipinski definition) is 17. The van der Waals surface area contributed by atoms with E-state index in [1.54, 1.807) is 6.07 Å². The molecule has 3 aromatic carbocycles. The Hall–Kier alpha value is -10.9. The van der Waals surface area contributed by atoms with Crippen LogP contribution in [-0.4, -0.2) is 111 Å². The number of aromatic carboxylic acids is 6. The van der Waals surface area contributed by atoms with Crippen molar-refractivity contribution in [2.75, 3.05) is 13.1 Å². The number of carbonyl (C=O) groups is 8. The lowest BCUT2D eigenvalue weighted by atomic mass is 9.97. The molecule has 10 N–H and O–H groups in total. The van der Waals surface area contributed by atoms with Gasteiger partial charge >= 0.3 is 35.8 Å². The number of nitrogens with one attached hydrogen (secondary N) is 2. The van der Waals surface area contributed by atoms with E-state index in [1.807, 2.05) is 0 Å². The van der Waals surface area contributed by atoms with E-state index in [0.29, 0.717) is 21.3 Å². The number of nitrogens with zero attached hydrogens (tertiary/aromatic N) is 8. The van der Waals surface area contributed by atoms with E-state index in [4.69, 9.17) is 6.57 Å². The topological polar surface area (TPSA) is 444 Å². The molecule has 0 unspecified atom stereocenters.